The molecule has 1 aromatic heterocycles. The molecule has 3 rings (SSSR count). The molecular weight excluding hydrogens is 212 g/mol. The zero-order valence-electron chi connectivity index (χ0n) is 9.71. The van der Waals surface area contributed by atoms with Gasteiger partial charge < -0.3 is 9.67 Å². The van der Waals surface area contributed by atoms with Crippen molar-refractivity contribution in [2.75, 3.05) is 0 Å². The van der Waals surface area contributed by atoms with Crippen LogP contribution in [-0.4, -0.2) is 20.8 Å². The standard InChI is InChI=1S/C14H16N2O/c17-13-6-7-14-15-12(9-16(14)10-13)8-11-4-2-1-3-5-11/h1-5,9,13,17H,6-8,10H2. The van der Waals surface area contributed by atoms with Gasteiger partial charge in [0.15, 0.2) is 0 Å². The van der Waals surface area contributed by atoms with Gasteiger partial charge in [0, 0.05) is 25.6 Å². The Labute approximate surface area is 101 Å². The number of aliphatic hydroxyl groups excluding tert-OH is 1. The topological polar surface area (TPSA) is 38.1 Å². The lowest BCUT2D eigenvalue weighted by atomic mass is 10.1. The molecule has 1 aliphatic rings. The lowest BCUT2D eigenvalue weighted by Crippen LogP contribution is -2.23. The number of imidazole rings is 1. The molecule has 1 aliphatic heterocycles. The Kier molecular flexibility index (Phi) is 2.69. The smallest absolute Gasteiger partial charge is 0.109 e. The first-order valence-corrected chi connectivity index (χ1v) is 6.08. The second kappa shape index (κ2) is 4.34. The Morgan fingerprint density at radius 1 is 1.29 bits per heavy atom. The van der Waals surface area contributed by atoms with Crippen LogP contribution in [0.1, 0.15) is 23.5 Å². The minimum Gasteiger partial charge on any atom is -0.391 e. The van der Waals surface area contributed by atoms with Gasteiger partial charge in [-0.15, -0.1) is 0 Å². The van der Waals surface area contributed by atoms with Crippen molar-refractivity contribution in [3.63, 3.8) is 0 Å². The van der Waals surface area contributed by atoms with E-state index in [0.29, 0.717) is 6.54 Å². The Bertz CT molecular complexity index is 504. The largest absolute Gasteiger partial charge is 0.391 e. The van der Waals surface area contributed by atoms with Gasteiger partial charge in [-0.3, -0.25) is 0 Å². The average molecular weight is 228 g/mol. The minimum atomic E-state index is -0.207. The van der Waals surface area contributed by atoms with Crippen molar-refractivity contribution in [2.45, 2.75) is 31.9 Å². The molecule has 0 fully saturated rings. The fourth-order valence-electron chi connectivity index (χ4n) is 2.38. The summed E-state index contributed by atoms with van der Waals surface area (Å²) in [5.41, 5.74) is 2.38. The maximum atomic E-state index is 9.61. The molecule has 2 heterocycles. The molecule has 1 N–H and O–H groups in total. The highest BCUT2D eigenvalue weighted by atomic mass is 16.3. The molecule has 0 bridgehead atoms. The van der Waals surface area contributed by atoms with Gasteiger partial charge in [-0.25, -0.2) is 4.98 Å². The summed E-state index contributed by atoms with van der Waals surface area (Å²) in [5, 5.41) is 9.61. The van der Waals surface area contributed by atoms with Crippen LogP contribution < -0.4 is 0 Å². The van der Waals surface area contributed by atoms with Crippen LogP contribution in [0.15, 0.2) is 36.5 Å². The molecule has 0 saturated carbocycles. The van der Waals surface area contributed by atoms with Gasteiger partial charge in [0.05, 0.1) is 11.8 Å². The van der Waals surface area contributed by atoms with E-state index in [-0.39, 0.29) is 6.10 Å². The van der Waals surface area contributed by atoms with Crippen molar-refractivity contribution >= 4 is 0 Å². The fraction of sp³-hybridized carbons (Fsp3) is 0.357. The highest BCUT2D eigenvalue weighted by molar-refractivity contribution is 5.21. The van der Waals surface area contributed by atoms with Crippen molar-refractivity contribution in [2.24, 2.45) is 0 Å². The zero-order chi connectivity index (χ0) is 11.7. The van der Waals surface area contributed by atoms with Crippen molar-refractivity contribution in [3.8, 4) is 0 Å². The van der Waals surface area contributed by atoms with Crippen molar-refractivity contribution in [1.29, 1.82) is 0 Å². The van der Waals surface area contributed by atoms with Crippen LogP contribution in [0, 0.1) is 0 Å². The maximum absolute atomic E-state index is 9.61. The number of nitrogens with zero attached hydrogens (tertiary/aromatic N) is 2. The third-order valence-corrected chi connectivity index (χ3v) is 3.25. The third-order valence-electron chi connectivity index (χ3n) is 3.25. The second-order valence-electron chi connectivity index (χ2n) is 4.66. The predicted molar refractivity (Wildman–Crippen MR) is 65.8 cm³/mol. The number of aliphatic hydroxyl groups is 1. The maximum Gasteiger partial charge on any atom is 0.109 e. The summed E-state index contributed by atoms with van der Waals surface area (Å²) in [6.07, 6.45) is 4.46. The highest BCUT2D eigenvalue weighted by Crippen LogP contribution is 2.17. The normalized spacial score (nSPS) is 19.0. The van der Waals surface area contributed by atoms with Crippen LogP contribution in [0.2, 0.25) is 0 Å². The number of benzene rings is 1. The van der Waals surface area contributed by atoms with E-state index < -0.39 is 0 Å². The van der Waals surface area contributed by atoms with E-state index in [2.05, 4.69) is 40.0 Å². The van der Waals surface area contributed by atoms with Crippen molar-refractivity contribution in [3.05, 3.63) is 53.6 Å². The zero-order valence-corrected chi connectivity index (χ0v) is 9.71. The second-order valence-corrected chi connectivity index (χ2v) is 4.66. The van der Waals surface area contributed by atoms with Crippen LogP contribution in [0.25, 0.3) is 0 Å². The van der Waals surface area contributed by atoms with Crippen LogP contribution in [0.3, 0.4) is 0 Å². The molecule has 1 aromatic carbocycles. The van der Waals surface area contributed by atoms with E-state index in [1.165, 1.54) is 5.56 Å². The lowest BCUT2D eigenvalue weighted by molar-refractivity contribution is 0.130. The summed E-state index contributed by atoms with van der Waals surface area (Å²) < 4.78 is 2.09. The Hall–Kier alpha value is -1.61. The third kappa shape index (κ3) is 2.24. The lowest BCUT2D eigenvalue weighted by Gasteiger charge is -2.18. The Morgan fingerprint density at radius 2 is 2.12 bits per heavy atom. The molecule has 0 spiro atoms. The summed E-state index contributed by atoms with van der Waals surface area (Å²) >= 11 is 0. The highest BCUT2D eigenvalue weighted by Gasteiger charge is 2.18. The van der Waals surface area contributed by atoms with Crippen LogP contribution >= 0.6 is 0 Å². The van der Waals surface area contributed by atoms with Gasteiger partial charge in [0.1, 0.15) is 5.82 Å². The number of aryl methyl sites for hydroxylation is 1. The number of aromatic nitrogens is 2. The first-order chi connectivity index (χ1) is 8.31. The van der Waals surface area contributed by atoms with Gasteiger partial charge in [0.2, 0.25) is 0 Å². The Balaban J connectivity index is 1.81. The first kappa shape index (κ1) is 10.5. The monoisotopic (exact) mass is 228 g/mol. The van der Waals surface area contributed by atoms with Crippen molar-refractivity contribution in [1.82, 2.24) is 9.55 Å². The van der Waals surface area contributed by atoms with Crippen molar-refractivity contribution < 1.29 is 5.11 Å². The molecule has 17 heavy (non-hydrogen) atoms. The molecule has 2 aromatic rings. The average Bonchev–Trinajstić information content (AvgIpc) is 2.71. The minimum absolute atomic E-state index is 0.207. The number of rotatable bonds is 2. The quantitative estimate of drug-likeness (QED) is 0.851. The Morgan fingerprint density at radius 3 is 2.94 bits per heavy atom. The van der Waals surface area contributed by atoms with Gasteiger partial charge in [0.25, 0.3) is 0 Å². The molecule has 0 aliphatic carbocycles. The van der Waals surface area contributed by atoms with E-state index >= 15 is 0 Å². The van der Waals surface area contributed by atoms with E-state index in [1.807, 2.05) is 6.07 Å². The van der Waals surface area contributed by atoms with E-state index in [1.54, 1.807) is 0 Å². The summed E-state index contributed by atoms with van der Waals surface area (Å²) in [6, 6.07) is 10.4. The molecular formula is C14H16N2O. The molecule has 1 atom stereocenters. The van der Waals surface area contributed by atoms with Crippen LogP contribution in [0.5, 0.6) is 0 Å². The molecule has 3 heteroatoms. The number of hydrogen-bond acceptors (Lipinski definition) is 2. The van der Waals surface area contributed by atoms with Crippen LogP contribution in [-0.2, 0) is 19.4 Å². The summed E-state index contributed by atoms with van der Waals surface area (Å²) in [5.74, 6) is 1.11. The van der Waals surface area contributed by atoms with E-state index in [9.17, 15) is 5.11 Å². The molecule has 3 nitrogen and oxygen atoms in total. The molecule has 0 saturated heterocycles. The first-order valence-electron chi connectivity index (χ1n) is 6.08. The van der Waals surface area contributed by atoms with Gasteiger partial charge >= 0.3 is 0 Å². The van der Waals surface area contributed by atoms with Gasteiger partial charge in [-0.2, -0.15) is 0 Å². The number of fused-ring (bicyclic) bond motifs is 1. The SMILES string of the molecule is OC1CCc2nc(Cc3ccccc3)cn2C1. The van der Waals surface area contributed by atoms with E-state index in [4.69, 9.17) is 0 Å². The van der Waals surface area contributed by atoms with Crippen LogP contribution in [0.4, 0.5) is 0 Å². The molecule has 88 valence electrons. The fourth-order valence-corrected chi connectivity index (χ4v) is 2.38. The molecule has 1 unspecified atom stereocenters. The van der Waals surface area contributed by atoms with Gasteiger partial charge in [-0.05, 0) is 12.0 Å². The van der Waals surface area contributed by atoms with Gasteiger partial charge in [-0.1, -0.05) is 30.3 Å². The molecule has 0 amide bonds. The predicted octanol–water partition coefficient (Wildman–Crippen LogP) is 1.78. The summed E-state index contributed by atoms with van der Waals surface area (Å²) in [4.78, 5) is 4.63. The molecule has 0 radical (unpaired) electrons. The van der Waals surface area contributed by atoms with E-state index in [0.717, 1.165) is 30.8 Å². The summed E-state index contributed by atoms with van der Waals surface area (Å²) in [6.45, 7) is 0.692. The number of hydrogen-bond donors (Lipinski definition) is 1. The summed E-state index contributed by atoms with van der Waals surface area (Å²) in [7, 11) is 0.